The SMILES string of the molecule is CCCC(NC)c1ccn(CCCCc2ccccc2)c1. The fourth-order valence-corrected chi connectivity index (χ4v) is 2.84. The van der Waals surface area contributed by atoms with Crippen molar-refractivity contribution in [1.82, 2.24) is 9.88 Å². The number of nitrogens with one attached hydrogen (secondary N) is 1. The van der Waals surface area contributed by atoms with E-state index in [1.807, 2.05) is 0 Å². The highest BCUT2D eigenvalue weighted by molar-refractivity contribution is 5.16. The van der Waals surface area contributed by atoms with Gasteiger partial charge in [-0.25, -0.2) is 0 Å². The first-order valence-electron chi connectivity index (χ1n) is 8.20. The number of benzene rings is 1. The zero-order valence-corrected chi connectivity index (χ0v) is 13.4. The van der Waals surface area contributed by atoms with E-state index in [9.17, 15) is 0 Å². The van der Waals surface area contributed by atoms with Crippen LogP contribution in [0.1, 0.15) is 49.8 Å². The average Bonchev–Trinajstić information content (AvgIpc) is 2.99. The van der Waals surface area contributed by atoms with Gasteiger partial charge in [0.05, 0.1) is 0 Å². The normalized spacial score (nSPS) is 12.5. The number of unbranched alkanes of at least 4 members (excludes halogenated alkanes) is 1. The summed E-state index contributed by atoms with van der Waals surface area (Å²) >= 11 is 0. The topological polar surface area (TPSA) is 17.0 Å². The van der Waals surface area contributed by atoms with Crippen molar-refractivity contribution < 1.29 is 0 Å². The lowest BCUT2D eigenvalue weighted by Crippen LogP contribution is -2.15. The lowest BCUT2D eigenvalue weighted by atomic mass is 10.1. The Morgan fingerprint density at radius 1 is 1.10 bits per heavy atom. The largest absolute Gasteiger partial charge is 0.354 e. The van der Waals surface area contributed by atoms with E-state index in [1.165, 1.54) is 43.2 Å². The van der Waals surface area contributed by atoms with Gasteiger partial charge in [-0.3, -0.25) is 0 Å². The average molecular weight is 284 g/mol. The van der Waals surface area contributed by atoms with Crippen molar-refractivity contribution in [3.05, 3.63) is 59.9 Å². The Balaban J connectivity index is 1.75. The number of nitrogens with zero attached hydrogens (tertiary/aromatic N) is 1. The quantitative estimate of drug-likeness (QED) is 0.667. The van der Waals surface area contributed by atoms with E-state index in [2.05, 4.69) is 72.6 Å². The Labute approximate surface area is 129 Å². The second-order valence-electron chi connectivity index (χ2n) is 5.76. The summed E-state index contributed by atoms with van der Waals surface area (Å²) in [6, 6.07) is 13.5. The molecule has 114 valence electrons. The molecule has 0 aliphatic carbocycles. The van der Waals surface area contributed by atoms with Crippen LogP contribution in [-0.4, -0.2) is 11.6 Å². The molecule has 0 saturated carbocycles. The lowest BCUT2D eigenvalue weighted by Gasteiger charge is -2.13. The van der Waals surface area contributed by atoms with Crippen LogP contribution in [0.2, 0.25) is 0 Å². The molecule has 21 heavy (non-hydrogen) atoms. The van der Waals surface area contributed by atoms with Crippen LogP contribution in [0, 0.1) is 0 Å². The molecule has 0 saturated heterocycles. The molecular weight excluding hydrogens is 256 g/mol. The summed E-state index contributed by atoms with van der Waals surface area (Å²) in [7, 11) is 2.05. The second kappa shape index (κ2) is 8.68. The minimum Gasteiger partial charge on any atom is -0.354 e. The molecule has 0 bridgehead atoms. The van der Waals surface area contributed by atoms with Crippen LogP contribution in [0.3, 0.4) is 0 Å². The van der Waals surface area contributed by atoms with Crippen LogP contribution in [0.4, 0.5) is 0 Å². The summed E-state index contributed by atoms with van der Waals surface area (Å²) in [4.78, 5) is 0. The van der Waals surface area contributed by atoms with Gasteiger partial charge in [0, 0.05) is 25.0 Å². The van der Waals surface area contributed by atoms with Crippen LogP contribution in [0.25, 0.3) is 0 Å². The summed E-state index contributed by atoms with van der Waals surface area (Å²) in [5.74, 6) is 0. The molecule has 1 aromatic heterocycles. The number of aromatic nitrogens is 1. The van der Waals surface area contributed by atoms with E-state index in [1.54, 1.807) is 0 Å². The summed E-state index contributed by atoms with van der Waals surface area (Å²) in [6.07, 6.45) is 10.6. The Bertz CT molecular complexity index is 501. The van der Waals surface area contributed by atoms with E-state index in [0.717, 1.165) is 6.54 Å². The van der Waals surface area contributed by atoms with E-state index in [0.29, 0.717) is 6.04 Å². The first kappa shape index (κ1) is 15.8. The predicted molar refractivity (Wildman–Crippen MR) is 90.5 cm³/mol. The number of hydrogen-bond acceptors (Lipinski definition) is 1. The highest BCUT2D eigenvalue weighted by atomic mass is 14.9. The highest BCUT2D eigenvalue weighted by Crippen LogP contribution is 2.18. The minimum absolute atomic E-state index is 0.501. The van der Waals surface area contributed by atoms with Crippen molar-refractivity contribution in [2.45, 2.75) is 51.6 Å². The van der Waals surface area contributed by atoms with E-state index in [-0.39, 0.29) is 0 Å². The molecule has 0 aliphatic heterocycles. The van der Waals surface area contributed by atoms with Gasteiger partial charge in [0.1, 0.15) is 0 Å². The van der Waals surface area contributed by atoms with Crippen molar-refractivity contribution in [3.8, 4) is 0 Å². The molecule has 0 amide bonds. The van der Waals surface area contributed by atoms with Crippen molar-refractivity contribution in [1.29, 1.82) is 0 Å². The van der Waals surface area contributed by atoms with Gasteiger partial charge < -0.3 is 9.88 Å². The van der Waals surface area contributed by atoms with E-state index in [4.69, 9.17) is 0 Å². The molecule has 1 aromatic carbocycles. The van der Waals surface area contributed by atoms with Gasteiger partial charge in [-0.05, 0) is 49.9 Å². The summed E-state index contributed by atoms with van der Waals surface area (Å²) in [6.45, 7) is 3.36. The molecule has 0 aliphatic rings. The Morgan fingerprint density at radius 3 is 2.62 bits per heavy atom. The van der Waals surface area contributed by atoms with Gasteiger partial charge in [0.15, 0.2) is 0 Å². The molecule has 0 fully saturated rings. The van der Waals surface area contributed by atoms with Crippen molar-refractivity contribution in [2.24, 2.45) is 0 Å². The van der Waals surface area contributed by atoms with Gasteiger partial charge >= 0.3 is 0 Å². The fourth-order valence-electron chi connectivity index (χ4n) is 2.84. The second-order valence-corrected chi connectivity index (χ2v) is 5.76. The van der Waals surface area contributed by atoms with Gasteiger partial charge in [0.25, 0.3) is 0 Å². The van der Waals surface area contributed by atoms with Crippen molar-refractivity contribution in [2.75, 3.05) is 7.05 Å². The van der Waals surface area contributed by atoms with Crippen LogP contribution in [-0.2, 0) is 13.0 Å². The molecule has 2 heteroatoms. The van der Waals surface area contributed by atoms with Crippen molar-refractivity contribution >= 4 is 0 Å². The summed E-state index contributed by atoms with van der Waals surface area (Å²) in [5.41, 5.74) is 2.87. The fraction of sp³-hybridized carbons (Fsp3) is 0.474. The highest BCUT2D eigenvalue weighted by Gasteiger charge is 2.08. The molecule has 1 atom stereocenters. The molecule has 1 N–H and O–H groups in total. The molecule has 1 unspecified atom stereocenters. The van der Waals surface area contributed by atoms with E-state index >= 15 is 0 Å². The number of aryl methyl sites for hydroxylation is 2. The third-order valence-corrected chi connectivity index (χ3v) is 4.08. The summed E-state index contributed by atoms with van der Waals surface area (Å²) < 4.78 is 2.33. The number of hydrogen-bond donors (Lipinski definition) is 1. The molecule has 0 radical (unpaired) electrons. The molecule has 0 spiro atoms. The summed E-state index contributed by atoms with van der Waals surface area (Å²) in [5, 5.41) is 3.41. The Kier molecular flexibility index (Phi) is 6.55. The van der Waals surface area contributed by atoms with Gasteiger partial charge in [-0.15, -0.1) is 0 Å². The van der Waals surface area contributed by atoms with Crippen molar-refractivity contribution in [3.63, 3.8) is 0 Å². The van der Waals surface area contributed by atoms with Crippen LogP contribution in [0.5, 0.6) is 0 Å². The zero-order valence-electron chi connectivity index (χ0n) is 13.4. The van der Waals surface area contributed by atoms with Crippen LogP contribution >= 0.6 is 0 Å². The maximum atomic E-state index is 3.41. The Hall–Kier alpha value is -1.54. The first-order valence-corrected chi connectivity index (χ1v) is 8.20. The molecule has 2 nitrogen and oxygen atoms in total. The zero-order chi connectivity index (χ0) is 14.9. The van der Waals surface area contributed by atoms with Gasteiger partial charge in [-0.2, -0.15) is 0 Å². The molecule has 1 heterocycles. The minimum atomic E-state index is 0.501. The molecular formula is C19H28N2. The lowest BCUT2D eigenvalue weighted by molar-refractivity contribution is 0.538. The first-order chi connectivity index (χ1) is 10.3. The van der Waals surface area contributed by atoms with Crippen LogP contribution in [0.15, 0.2) is 48.8 Å². The van der Waals surface area contributed by atoms with Gasteiger partial charge in [0.2, 0.25) is 0 Å². The van der Waals surface area contributed by atoms with Gasteiger partial charge in [-0.1, -0.05) is 43.7 Å². The number of rotatable bonds is 9. The third kappa shape index (κ3) is 5.05. The molecule has 2 aromatic rings. The smallest absolute Gasteiger partial charge is 0.0332 e. The van der Waals surface area contributed by atoms with E-state index < -0.39 is 0 Å². The standard InChI is InChI=1S/C19H28N2/c1-3-9-19(20-2)18-13-15-21(16-18)14-8-7-12-17-10-5-4-6-11-17/h4-6,10-11,13,15-16,19-20H,3,7-9,12,14H2,1-2H3. The molecule has 2 rings (SSSR count). The maximum Gasteiger partial charge on any atom is 0.0332 e. The third-order valence-electron chi connectivity index (χ3n) is 4.08. The monoisotopic (exact) mass is 284 g/mol. The predicted octanol–water partition coefficient (Wildman–Crippen LogP) is 4.57. The maximum absolute atomic E-state index is 3.41. The Morgan fingerprint density at radius 2 is 1.90 bits per heavy atom. The van der Waals surface area contributed by atoms with Crippen LogP contribution < -0.4 is 5.32 Å².